The highest BCUT2D eigenvalue weighted by Gasteiger charge is 2.56. The topological polar surface area (TPSA) is 202 Å². The minimum Gasteiger partial charge on any atom is -0.371 e. The smallest absolute Gasteiger partial charge is 0.262 e. The summed E-state index contributed by atoms with van der Waals surface area (Å²) < 4.78 is 2.18. The number of pyridine rings is 1. The number of nitrogens with one attached hydrogen (secondary N) is 3. The number of imide groups is 2. The van der Waals surface area contributed by atoms with Crippen LogP contribution in [0.4, 0.5) is 17.2 Å². The number of benzene rings is 3. The van der Waals surface area contributed by atoms with Crippen molar-refractivity contribution in [1.82, 2.24) is 39.9 Å². The maximum atomic E-state index is 15.2. The number of likely N-dealkylation sites (tertiary alicyclic amines) is 2. The Bertz CT molecular complexity index is 3270. The van der Waals surface area contributed by atoms with Crippen LogP contribution in [0.2, 0.25) is 0 Å². The minimum atomic E-state index is -1.03. The lowest BCUT2D eigenvalue weighted by atomic mass is 9.73. The standard InChI is InChI=1S/C59H65N11O7/c1-34(2)68-33-60-47-32-46(63-52(51(47)68)61-38-11-12-38)37-10-15-45-49(28-37)69(42-29-41(30-42)65-22-4-3-5-23-65)58(77)59(45)20-26-67(27-21-59)55(74)36-8-6-35(7-9-36)53(72)62-39-18-24-66(25-19-39)40-13-14-43-44(31-40)57(76)70(56(43)75)48-16-17-50(71)64-54(48)73/h6-10,13-15,28,31-34,38-39,41-42,48H,3-5,11-12,16-27,29-30H2,1-2H3,(H,61,63)(H,62,72)(H,64,71,73)/t41?,42?,48-/m1/s1. The number of nitrogens with zero attached hydrogens (tertiary/aromatic N) is 8. The summed E-state index contributed by atoms with van der Waals surface area (Å²) in [5.41, 5.74) is 7.12. The third-order valence-corrected chi connectivity index (χ3v) is 18.0. The molecule has 0 unspecified atom stereocenters. The number of anilines is 3. The Morgan fingerprint density at radius 2 is 1.45 bits per heavy atom. The van der Waals surface area contributed by atoms with Crippen LogP contribution in [0.1, 0.15) is 150 Å². The van der Waals surface area contributed by atoms with E-state index in [1.165, 1.54) is 19.3 Å². The van der Waals surface area contributed by atoms with Crippen LogP contribution in [-0.2, 0) is 19.8 Å². The number of carbonyl (C=O) groups is 7. The molecule has 4 saturated heterocycles. The third kappa shape index (κ3) is 8.63. The number of piperidine rings is 4. The van der Waals surface area contributed by atoms with Gasteiger partial charge < -0.3 is 34.8 Å². The number of hydrogen-bond acceptors (Lipinski definition) is 12. The highest BCUT2D eigenvalue weighted by Crippen LogP contribution is 2.52. The first-order valence-electron chi connectivity index (χ1n) is 28.0. The van der Waals surface area contributed by atoms with Crippen molar-refractivity contribution >= 4 is 69.6 Å². The SMILES string of the molecule is CC(C)n1cnc2cc(-c3ccc4c(c3)N(C3CC(N5CCCCC5)C3)C(=O)C43CCN(C(=O)c4ccc(C(=O)NC5CCN(c6ccc7c(c6)C(=O)N([C@@H]6CCC(=O)NC6=O)C7=O)CC5)cc4)CC3)nc(NC3CC3)c21. The molecule has 0 radical (unpaired) electrons. The monoisotopic (exact) mass is 1040 g/mol. The van der Waals surface area contributed by atoms with E-state index in [0.717, 1.165) is 88.7 Å². The Kier molecular flexibility index (Phi) is 12.3. The normalized spacial score (nSPS) is 23.7. The van der Waals surface area contributed by atoms with Gasteiger partial charge in [0.05, 0.1) is 34.1 Å². The summed E-state index contributed by atoms with van der Waals surface area (Å²) in [7, 11) is 0. The zero-order valence-corrected chi connectivity index (χ0v) is 43.8. The molecule has 3 aromatic carbocycles. The summed E-state index contributed by atoms with van der Waals surface area (Å²) in [5.74, 6) is -1.52. The molecule has 77 heavy (non-hydrogen) atoms. The van der Waals surface area contributed by atoms with Crippen LogP contribution >= 0.6 is 0 Å². The first kappa shape index (κ1) is 49.1. The van der Waals surface area contributed by atoms with E-state index in [1.807, 2.05) is 11.2 Å². The van der Waals surface area contributed by atoms with Gasteiger partial charge in [0.25, 0.3) is 23.6 Å². The molecule has 8 aliphatic rings. The first-order chi connectivity index (χ1) is 37.3. The number of amides is 7. The fraction of sp³-hybridized carbons (Fsp3) is 0.475. The Balaban J connectivity index is 0.662. The number of fused-ring (bicyclic) bond motifs is 4. The van der Waals surface area contributed by atoms with E-state index in [9.17, 15) is 28.8 Å². The van der Waals surface area contributed by atoms with E-state index in [4.69, 9.17) is 9.97 Å². The van der Waals surface area contributed by atoms with Crippen molar-refractivity contribution in [2.24, 2.45) is 0 Å². The van der Waals surface area contributed by atoms with Gasteiger partial charge in [-0.2, -0.15) is 0 Å². The van der Waals surface area contributed by atoms with Crippen LogP contribution in [0, 0.1) is 0 Å². The molecule has 1 spiro atoms. The van der Waals surface area contributed by atoms with Crippen LogP contribution < -0.4 is 25.8 Å². The molecule has 7 amide bonds. The second kappa shape index (κ2) is 19.2. The molecule has 398 valence electrons. The van der Waals surface area contributed by atoms with Crippen molar-refractivity contribution in [3.05, 3.63) is 101 Å². The maximum absolute atomic E-state index is 15.2. The number of aromatic nitrogens is 3. The van der Waals surface area contributed by atoms with Crippen molar-refractivity contribution in [2.75, 3.05) is 54.4 Å². The summed E-state index contributed by atoms with van der Waals surface area (Å²) in [5, 5.41) is 9.08. The second-order valence-corrected chi connectivity index (χ2v) is 23.0. The average molecular weight is 1040 g/mol. The van der Waals surface area contributed by atoms with Crippen molar-refractivity contribution in [3.8, 4) is 11.3 Å². The van der Waals surface area contributed by atoms with Gasteiger partial charge in [-0.25, -0.2) is 9.97 Å². The van der Waals surface area contributed by atoms with E-state index >= 15 is 4.79 Å². The largest absolute Gasteiger partial charge is 0.371 e. The summed E-state index contributed by atoms with van der Waals surface area (Å²) in [4.78, 5) is 114. The molecule has 5 aromatic rings. The van der Waals surface area contributed by atoms with Crippen molar-refractivity contribution in [1.29, 1.82) is 0 Å². The average Bonchev–Trinajstić information content (AvgIpc) is 4.22. The van der Waals surface area contributed by atoms with Gasteiger partial charge in [-0.1, -0.05) is 18.6 Å². The van der Waals surface area contributed by atoms with Crippen LogP contribution in [-0.4, -0.2) is 140 Å². The summed E-state index contributed by atoms with van der Waals surface area (Å²) in [6, 6.07) is 20.6. The first-order valence-corrected chi connectivity index (χ1v) is 28.0. The number of carbonyl (C=O) groups excluding carboxylic acids is 7. The molecule has 8 heterocycles. The molecule has 6 fully saturated rings. The quantitative estimate of drug-likeness (QED) is 0.120. The molecule has 2 aromatic heterocycles. The molecule has 2 aliphatic carbocycles. The lowest BCUT2D eigenvalue weighted by Crippen LogP contribution is -2.58. The van der Waals surface area contributed by atoms with E-state index in [-0.39, 0.29) is 59.8 Å². The number of rotatable bonds is 11. The fourth-order valence-corrected chi connectivity index (χ4v) is 13.3. The van der Waals surface area contributed by atoms with Gasteiger partial charge in [0.2, 0.25) is 17.7 Å². The summed E-state index contributed by atoms with van der Waals surface area (Å²) in [6.45, 7) is 8.62. The highest BCUT2D eigenvalue weighted by molar-refractivity contribution is 6.24. The Morgan fingerprint density at radius 3 is 2.17 bits per heavy atom. The summed E-state index contributed by atoms with van der Waals surface area (Å²) in [6.07, 6.45) is 12.3. The fourth-order valence-electron chi connectivity index (χ4n) is 13.3. The molecular formula is C59H65N11O7. The Hall–Kier alpha value is -7.47. The van der Waals surface area contributed by atoms with Crippen molar-refractivity contribution < 1.29 is 33.6 Å². The van der Waals surface area contributed by atoms with Gasteiger partial charge in [0.1, 0.15) is 11.6 Å². The molecule has 6 aliphatic heterocycles. The Morgan fingerprint density at radius 1 is 0.727 bits per heavy atom. The molecule has 0 bridgehead atoms. The van der Waals surface area contributed by atoms with Crippen LogP contribution in [0.15, 0.2) is 73.1 Å². The van der Waals surface area contributed by atoms with Gasteiger partial charge in [-0.15, -0.1) is 0 Å². The summed E-state index contributed by atoms with van der Waals surface area (Å²) >= 11 is 0. The molecule has 3 N–H and O–H groups in total. The van der Waals surface area contributed by atoms with E-state index < -0.39 is 35.1 Å². The van der Waals surface area contributed by atoms with Gasteiger partial charge in [-0.3, -0.25) is 43.8 Å². The van der Waals surface area contributed by atoms with Crippen LogP contribution in [0.5, 0.6) is 0 Å². The maximum Gasteiger partial charge on any atom is 0.262 e. The second-order valence-electron chi connectivity index (χ2n) is 23.0. The predicted octanol–water partition coefficient (Wildman–Crippen LogP) is 6.59. The minimum absolute atomic E-state index is 0.0538. The van der Waals surface area contributed by atoms with Gasteiger partial charge in [0, 0.05) is 90.9 Å². The van der Waals surface area contributed by atoms with Crippen molar-refractivity contribution in [2.45, 2.75) is 139 Å². The van der Waals surface area contributed by atoms with E-state index in [2.05, 4.69) is 73.3 Å². The van der Waals surface area contributed by atoms with Gasteiger partial charge in [0.15, 0.2) is 5.82 Å². The van der Waals surface area contributed by atoms with Crippen LogP contribution in [0.3, 0.4) is 0 Å². The van der Waals surface area contributed by atoms with Gasteiger partial charge in [-0.05, 0) is 158 Å². The lowest BCUT2D eigenvalue weighted by Gasteiger charge is -2.48. The molecule has 2 saturated carbocycles. The molecule has 18 heteroatoms. The van der Waals surface area contributed by atoms with Crippen molar-refractivity contribution in [3.63, 3.8) is 0 Å². The zero-order chi connectivity index (χ0) is 52.9. The Labute approximate surface area is 446 Å². The number of imidazole rings is 1. The molecule has 1 atom stereocenters. The third-order valence-electron chi connectivity index (χ3n) is 18.0. The van der Waals surface area contributed by atoms with Gasteiger partial charge >= 0.3 is 0 Å². The lowest BCUT2D eigenvalue weighted by molar-refractivity contribution is -0.136. The molecule has 18 nitrogen and oxygen atoms in total. The van der Waals surface area contributed by atoms with E-state index in [1.54, 1.807) is 42.5 Å². The molecule has 13 rings (SSSR count). The van der Waals surface area contributed by atoms with Crippen LogP contribution in [0.25, 0.3) is 22.3 Å². The number of hydrogen-bond donors (Lipinski definition) is 3. The zero-order valence-electron chi connectivity index (χ0n) is 43.8. The predicted molar refractivity (Wildman–Crippen MR) is 289 cm³/mol. The highest BCUT2D eigenvalue weighted by atomic mass is 16.2. The van der Waals surface area contributed by atoms with E-state index in [0.29, 0.717) is 75.1 Å². The molecular weight excluding hydrogens is 975 g/mol.